The molecule has 0 aliphatic carbocycles. The van der Waals surface area contributed by atoms with Crippen LogP contribution in [0.3, 0.4) is 0 Å². The van der Waals surface area contributed by atoms with Crippen LogP contribution < -0.4 is 0 Å². The summed E-state index contributed by atoms with van der Waals surface area (Å²) < 4.78 is 6.56. The lowest BCUT2D eigenvalue weighted by molar-refractivity contribution is 0.669. The van der Waals surface area contributed by atoms with Crippen LogP contribution in [0.1, 0.15) is 5.56 Å². The van der Waals surface area contributed by atoms with Gasteiger partial charge in [-0.2, -0.15) is 0 Å². The molecular formula is C41H26O. The van der Waals surface area contributed by atoms with Crippen molar-refractivity contribution in [2.75, 3.05) is 0 Å². The summed E-state index contributed by atoms with van der Waals surface area (Å²) in [6.07, 6.45) is 0. The first-order valence-corrected chi connectivity index (χ1v) is 14.5. The van der Waals surface area contributed by atoms with Crippen LogP contribution in [0.5, 0.6) is 0 Å². The van der Waals surface area contributed by atoms with E-state index in [0.29, 0.717) is 0 Å². The summed E-state index contributed by atoms with van der Waals surface area (Å²) in [6, 6.07) is 50.7. The fourth-order valence-corrected chi connectivity index (χ4v) is 7.07. The standard InChI is InChI=1S/C41H26O/c1-25-22-38-41(31-13-5-4-12-30(25)31)36-21-20-29(24-37(36)42-38)40-34-16-8-6-14-32(34)39(33-15-7-9-17-35(33)40)28-19-18-26-10-2-3-11-27(26)23-28/h2-24H,1H3. The van der Waals surface area contributed by atoms with Crippen molar-refractivity contribution in [3.05, 3.63) is 145 Å². The average Bonchev–Trinajstić information content (AvgIpc) is 3.41. The second kappa shape index (κ2) is 8.80. The molecule has 0 fully saturated rings. The second-order valence-corrected chi connectivity index (χ2v) is 11.3. The average molecular weight is 535 g/mol. The molecule has 0 aliphatic heterocycles. The van der Waals surface area contributed by atoms with Crippen LogP contribution in [0.15, 0.2) is 144 Å². The van der Waals surface area contributed by atoms with Gasteiger partial charge >= 0.3 is 0 Å². The van der Waals surface area contributed by atoms with Crippen molar-refractivity contribution in [3.8, 4) is 22.3 Å². The molecular weight excluding hydrogens is 508 g/mol. The van der Waals surface area contributed by atoms with Crippen molar-refractivity contribution in [3.63, 3.8) is 0 Å². The van der Waals surface area contributed by atoms with E-state index in [9.17, 15) is 0 Å². The van der Waals surface area contributed by atoms with E-state index in [0.717, 1.165) is 16.6 Å². The van der Waals surface area contributed by atoms with E-state index >= 15 is 0 Å². The maximum Gasteiger partial charge on any atom is 0.136 e. The molecule has 9 rings (SSSR count). The molecule has 0 unspecified atom stereocenters. The monoisotopic (exact) mass is 534 g/mol. The molecule has 0 bridgehead atoms. The van der Waals surface area contributed by atoms with Crippen molar-refractivity contribution in [2.24, 2.45) is 0 Å². The number of rotatable bonds is 2. The van der Waals surface area contributed by atoms with Crippen LogP contribution in [0, 0.1) is 6.92 Å². The van der Waals surface area contributed by atoms with Gasteiger partial charge in [0.1, 0.15) is 11.2 Å². The highest BCUT2D eigenvalue weighted by Crippen LogP contribution is 2.45. The summed E-state index contributed by atoms with van der Waals surface area (Å²) in [5.74, 6) is 0. The van der Waals surface area contributed by atoms with Gasteiger partial charge in [0.25, 0.3) is 0 Å². The van der Waals surface area contributed by atoms with E-state index < -0.39 is 0 Å². The van der Waals surface area contributed by atoms with Crippen LogP contribution in [-0.2, 0) is 0 Å². The number of hydrogen-bond acceptors (Lipinski definition) is 1. The summed E-state index contributed by atoms with van der Waals surface area (Å²) in [5.41, 5.74) is 8.03. The summed E-state index contributed by atoms with van der Waals surface area (Å²) in [4.78, 5) is 0. The molecule has 0 saturated carbocycles. The third-order valence-electron chi connectivity index (χ3n) is 8.94. The SMILES string of the molecule is Cc1cc2oc3cc(-c4c5ccccc5c(-c5ccc6ccccc6c5)c5ccccc45)ccc3c2c2ccccc12. The predicted molar refractivity (Wildman–Crippen MR) is 179 cm³/mol. The molecule has 0 N–H and O–H groups in total. The highest BCUT2D eigenvalue weighted by molar-refractivity contribution is 6.23. The summed E-state index contributed by atoms with van der Waals surface area (Å²) >= 11 is 0. The molecule has 0 saturated heterocycles. The highest BCUT2D eigenvalue weighted by Gasteiger charge is 2.18. The van der Waals surface area contributed by atoms with Crippen LogP contribution >= 0.6 is 0 Å². The first-order chi connectivity index (χ1) is 20.7. The van der Waals surface area contributed by atoms with Crippen LogP contribution in [0.2, 0.25) is 0 Å². The normalized spacial score (nSPS) is 11.9. The third kappa shape index (κ3) is 3.31. The molecule has 1 nitrogen and oxygen atoms in total. The van der Waals surface area contributed by atoms with E-state index in [-0.39, 0.29) is 0 Å². The molecule has 8 aromatic carbocycles. The van der Waals surface area contributed by atoms with Gasteiger partial charge in [-0.3, -0.25) is 0 Å². The molecule has 1 heterocycles. The van der Waals surface area contributed by atoms with Crippen molar-refractivity contribution >= 4 is 65.0 Å². The number of fused-ring (bicyclic) bond motifs is 8. The molecule has 1 heteroatoms. The zero-order valence-corrected chi connectivity index (χ0v) is 23.2. The molecule has 0 aliphatic rings. The largest absolute Gasteiger partial charge is 0.456 e. The van der Waals surface area contributed by atoms with E-state index in [1.165, 1.54) is 76.3 Å². The molecule has 9 aromatic rings. The zero-order valence-electron chi connectivity index (χ0n) is 23.2. The Balaban J connectivity index is 1.35. The Kier molecular flexibility index (Phi) is 4.88. The van der Waals surface area contributed by atoms with E-state index in [1.54, 1.807) is 0 Å². The fraction of sp³-hybridized carbons (Fsp3) is 0.0244. The topological polar surface area (TPSA) is 13.1 Å². The van der Waals surface area contributed by atoms with Gasteiger partial charge < -0.3 is 4.42 Å². The maximum absolute atomic E-state index is 6.56. The van der Waals surface area contributed by atoms with Gasteiger partial charge in [0.15, 0.2) is 0 Å². The Morgan fingerprint density at radius 2 is 0.905 bits per heavy atom. The molecule has 1 aromatic heterocycles. The van der Waals surface area contributed by atoms with Gasteiger partial charge in [-0.05, 0) is 102 Å². The summed E-state index contributed by atoms with van der Waals surface area (Å²) in [5, 5.41) is 12.4. The lowest BCUT2D eigenvalue weighted by Gasteiger charge is -2.18. The molecule has 0 atom stereocenters. The van der Waals surface area contributed by atoms with Crippen molar-refractivity contribution in [1.82, 2.24) is 0 Å². The first kappa shape index (κ1) is 23.3. The van der Waals surface area contributed by atoms with E-state index in [4.69, 9.17) is 4.42 Å². The number of aryl methyl sites for hydroxylation is 1. The second-order valence-electron chi connectivity index (χ2n) is 11.3. The minimum Gasteiger partial charge on any atom is -0.456 e. The summed E-state index contributed by atoms with van der Waals surface area (Å²) in [7, 11) is 0. The van der Waals surface area contributed by atoms with Gasteiger partial charge in [0.2, 0.25) is 0 Å². The zero-order chi connectivity index (χ0) is 27.8. The smallest absolute Gasteiger partial charge is 0.136 e. The van der Waals surface area contributed by atoms with E-state index in [2.05, 4.69) is 146 Å². The van der Waals surface area contributed by atoms with Crippen LogP contribution in [0.4, 0.5) is 0 Å². The molecule has 42 heavy (non-hydrogen) atoms. The third-order valence-corrected chi connectivity index (χ3v) is 8.94. The lowest BCUT2D eigenvalue weighted by Crippen LogP contribution is -1.91. The Labute approximate surface area is 243 Å². The van der Waals surface area contributed by atoms with E-state index in [1.807, 2.05) is 0 Å². The summed E-state index contributed by atoms with van der Waals surface area (Å²) in [6.45, 7) is 2.16. The Hall–Kier alpha value is -5.40. The molecule has 0 amide bonds. The lowest BCUT2D eigenvalue weighted by atomic mass is 9.85. The molecule has 0 radical (unpaired) electrons. The minimum atomic E-state index is 0.921. The first-order valence-electron chi connectivity index (χ1n) is 14.5. The van der Waals surface area contributed by atoms with Gasteiger partial charge in [0.05, 0.1) is 0 Å². The van der Waals surface area contributed by atoms with Crippen LogP contribution in [-0.4, -0.2) is 0 Å². The highest BCUT2D eigenvalue weighted by atomic mass is 16.3. The van der Waals surface area contributed by atoms with Gasteiger partial charge in [-0.1, -0.05) is 115 Å². The molecule has 196 valence electrons. The van der Waals surface area contributed by atoms with Gasteiger partial charge in [-0.25, -0.2) is 0 Å². The number of hydrogen-bond donors (Lipinski definition) is 0. The van der Waals surface area contributed by atoms with Gasteiger partial charge in [0, 0.05) is 10.8 Å². The van der Waals surface area contributed by atoms with Crippen molar-refractivity contribution in [2.45, 2.75) is 6.92 Å². The fourth-order valence-electron chi connectivity index (χ4n) is 7.07. The Bertz CT molecular complexity index is 2470. The van der Waals surface area contributed by atoms with Crippen molar-refractivity contribution in [1.29, 1.82) is 0 Å². The molecule has 0 spiro atoms. The van der Waals surface area contributed by atoms with Crippen LogP contribution in [0.25, 0.3) is 87.3 Å². The van der Waals surface area contributed by atoms with Gasteiger partial charge in [-0.15, -0.1) is 0 Å². The Morgan fingerprint density at radius 3 is 1.57 bits per heavy atom. The Morgan fingerprint density at radius 1 is 0.381 bits per heavy atom. The quantitative estimate of drug-likeness (QED) is 0.201. The number of benzene rings is 8. The van der Waals surface area contributed by atoms with Crippen molar-refractivity contribution < 1.29 is 4.42 Å². The predicted octanol–water partition coefficient (Wildman–Crippen LogP) is 11.8. The minimum absolute atomic E-state index is 0.921. The number of furan rings is 1. The maximum atomic E-state index is 6.56.